The minimum Gasteiger partial charge on any atom is -0.374 e. The molecule has 1 saturated heterocycles. The summed E-state index contributed by atoms with van der Waals surface area (Å²) >= 11 is 12.1. The number of rotatable bonds is 5. The molecule has 2 amide bonds. The number of benzene rings is 1. The molecule has 1 aliphatic heterocycles. The largest absolute Gasteiger partial charge is 0.374 e. The average molecular weight is 407 g/mol. The molecular weight excluding hydrogens is 387 g/mol. The molecule has 142 valence electrons. The van der Waals surface area contributed by atoms with Crippen molar-refractivity contribution in [2.75, 3.05) is 6.61 Å². The second-order valence-electron chi connectivity index (χ2n) is 7.81. The molecule has 3 atom stereocenters. The Morgan fingerprint density at radius 2 is 2.07 bits per heavy atom. The van der Waals surface area contributed by atoms with Crippen LogP contribution in [-0.4, -0.2) is 36.1 Å². The number of amides is 2. The predicted molar refractivity (Wildman–Crippen MR) is 102 cm³/mol. The molecule has 1 aromatic carbocycles. The van der Waals surface area contributed by atoms with Crippen LogP contribution in [-0.2, 0) is 20.7 Å². The third-order valence-electron chi connectivity index (χ3n) is 5.77. The number of carbonyl (C=O) groups is 2. The van der Waals surface area contributed by atoms with Gasteiger partial charge in [-0.05, 0) is 37.0 Å². The third kappa shape index (κ3) is 3.54. The number of ether oxygens (including phenoxy) is 1. The molecule has 2 aliphatic carbocycles. The minimum atomic E-state index is -0.635. The number of nitrogens with one attached hydrogen (secondary N) is 2. The first-order valence-corrected chi connectivity index (χ1v) is 9.76. The molecule has 1 aromatic rings. The number of halogens is 2. The van der Waals surface area contributed by atoms with Crippen LogP contribution in [0.2, 0.25) is 10.0 Å². The minimum absolute atomic E-state index is 0.0954. The van der Waals surface area contributed by atoms with Gasteiger partial charge in [-0.25, -0.2) is 0 Å². The Kier molecular flexibility index (Phi) is 4.62. The number of hydrogen-bond acceptors (Lipinski definition) is 3. The SMILES string of the molecule is C#CC1(C(=O)N[C@@H]2C[C@@]3(NC(=O)Cc4ccc(Cl)cc4Cl)CO[C@@H]2C3)CC1. The van der Waals surface area contributed by atoms with Crippen molar-refractivity contribution in [1.29, 1.82) is 0 Å². The molecule has 7 heteroatoms. The highest BCUT2D eigenvalue weighted by Crippen LogP contribution is 2.46. The quantitative estimate of drug-likeness (QED) is 0.738. The van der Waals surface area contributed by atoms with Crippen molar-refractivity contribution in [1.82, 2.24) is 10.6 Å². The highest BCUT2D eigenvalue weighted by molar-refractivity contribution is 6.35. The van der Waals surface area contributed by atoms with E-state index in [4.69, 9.17) is 34.4 Å². The van der Waals surface area contributed by atoms with Crippen LogP contribution in [0.15, 0.2) is 18.2 Å². The highest BCUT2D eigenvalue weighted by atomic mass is 35.5. The van der Waals surface area contributed by atoms with Gasteiger partial charge >= 0.3 is 0 Å². The van der Waals surface area contributed by atoms with Gasteiger partial charge in [0.2, 0.25) is 11.8 Å². The Morgan fingerprint density at radius 1 is 1.30 bits per heavy atom. The van der Waals surface area contributed by atoms with Crippen LogP contribution in [0.25, 0.3) is 0 Å². The number of hydrogen-bond donors (Lipinski definition) is 2. The normalized spacial score (nSPS) is 29.8. The molecule has 3 fully saturated rings. The van der Waals surface area contributed by atoms with E-state index in [-0.39, 0.29) is 30.4 Å². The van der Waals surface area contributed by atoms with Crippen molar-refractivity contribution >= 4 is 35.0 Å². The van der Waals surface area contributed by atoms with E-state index in [1.54, 1.807) is 18.2 Å². The summed E-state index contributed by atoms with van der Waals surface area (Å²) in [6.07, 6.45) is 8.35. The molecule has 0 spiro atoms. The van der Waals surface area contributed by atoms with E-state index in [2.05, 4.69) is 16.6 Å². The van der Waals surface area contributed by atoms with Crippen molar-refractivity contribution in [2.24, 2.45) is 5.41 Å². The topological polar surface area (TPSA) is 67.4 Å². The zero-order valence-electron chi connectivity index (χ0n) is 14.7. The van der Waals surface area contributed by atoms with Crippen molar-refractivity contribution in [3.05, 3.63) is 33.8 Å². The van der Waals surface area contributed by atoms with Crippen LogP contribution in [0.3, 0.4) is 0 Å². The summed E-state index contributed by atoms with van der Waals surface area (Å²) in [5, 5.41) is 7.13. The van der Waals surface area contributed by atoms with Gasteiger partial charge in [0, 0.05) is 16.5 Å². The van der Waals surface area contributed by atoms with Crippen molar-refractivity contribution in [3.8, 4) is 12.3 Å². The van der Waals surface area contributed by atoms with Gasteiger partial charge in [0.25, 0.3) is 0 Å². The fourth-order valence-electron chi connectivity index (χ4n) is 4.05. The van der Waals surface area contributed by atoms with Crippen LogP contribution >= 0.6 is 23.2 Å². The molecule has 0 unspecified atom stereocenters. The van der Waals surface area contributed by atoms with E-state index in [9.17, 15) is 9.59 Å². The zero-order valence-corrected chi connectivity index (χ0v) is 16.2. The van der Waals surface area contributed by atoms with Gasteiger partial charge in [0.05, 0.1) is 30.7 Å². The molecular formula is C20H20Cl2N2O3. The van der Waals surface area contributed by atoms with E-state index in [0.717, 1.165) is 18.4 Å². The zero-order chi connectivity index (χ0) is 19.2. The molecule has 2 bridgehead atoms. The second-order valence-corrected chi connectivity index (χ2v) is 8.65. The maximum atomic E-state index is 12.6. The van der Waals surface area contributed by atoms with Gasteiger partial charge in [-0.1, -0.05) is 35.2 Å². The molecule has 0 radical (unpaired) electrons. The fourth-order valence-corrected chi connectivity index (χ4v) is 4.53. The summed E-state index contributed by atoms with van der Waals surface area (Å²) in [4.78, 5) is 25.0. The lowest BCUT2D eigenvalue weighted by atomic mass is 9.97. The molecule has 3 aliphatic rings. The average Bonchev–Trinajstić information content (AvgIpc) is 3.23. The maximum absolute atomic E-state index is 12.6. The first kappa shape index (κ1) is 18.6. The molecule has 2 N–H and O–H groups in total. The van der Waals surface area contributed by atoms with Crippen molar-refractivity contribution in [2.45, 2.75) is 49.8 Å². The van der Waals surface area contributed by atoms with Crippen LogP contribution < -0.4 is 10.6 Å². The summed E-state index contributed by atoms with van der Waals surface area (Å²) < 4.78 is 5.80. The van der Waals surface area contributed by atoms with Gasteiger partial charge < -0.3 is 15.4 Å². The Morgan fingerprint density at radius 3 is 2.74 bits per heavy atom. The summed E-state index contributed by atoms with van der Waals surface area (Å²) in [7, 11) is 0. The summed E-state index contributed by atoms with van der Waals surface area (Å²) in [6.45, 7) is 0.449. The molecule has 27 heavy (non-hydrogen) atoms. The molecule has 4 rings (SSSR count). The molecule has 2 saturated carbocycles. The van der Waals surface area contributed by atoms with E-state index in [0.29, 0.717) is 29.5 Å². The van der Waals surface area contributed by atoms with Gasteiger partial charge in [-0.15, -0.1) is 6.42 Å². The first-order valence-electron chi connectivity index (χ1n) is 9.00. The number of terminal acetylenes is 1. The Hall–Kier alpha value is -1.74. The van der Waals surface area contributed by atoms with Gasteiger partial charge in [-0.2, -0.15) is 0 Å². The lowest BCUT2D eigenvalue weighted by Crippen LogP contribution is -2.53. The first-order chi connectivity index (χ1) is 12.8. The van der Waals surface area contributed by atoms with Crippen molar-refractivity contribution < 1.29 is 14.3 Å². The second kappa shape index (κ2) is 6.70. The Balaban J connectivity index is 1.37. The van der Waals surface area contributed by atoms with Crippen LogP contribution in [0.1, 0.15) is 31.2 Å². The van der Waals surface area contributed by atoms with E-state index < -0.39 is 11.0 Å². The summed E-state index contributed by atoms with van der Waals surface area (Å²) in [5.41, 5.74) is -0.368. The highest BCUT2D eigenvalue weighted by Gasteiger charge is 2.55. The predicted octanol–water partition coefficient (Wildman–Crippen LogP) is 2.48. The maximum Gasteiger partial charge on any atom is 0.238 e. The lowest BCUT2D eigenvalue weighted by Gasteiger charge is -2.31. The summed E-state index contributed by atoms with van der Waals surface area (Å²) in [6, 6.07) is 4.96. The van der Waals surface area contributed by atoms with Gasteiger partial charge in [0.1, 0.15) is 5.41 Å². The number of carbonyl (C=O) groups excluding carboxylic acids is 2. The lowest BCUT2D eigenvalue weighted by molar-refractivity contribution is -0.126. The Bertz CT molecular complexity index is 846. The monoisotopic (exact) mass is 406 g/mol. The van der Waals surface area contributed by atoms with Crippen molar-refractivity contribution in [3.63, 3.8) is 0 Å². The number of fused-ring (bicyclic) bond motifs is 2. The third-order valence-corrected chi connectivity index (χ3v) is 6.36. The van der Waals surface area contributed by atoms with Crippen LogP contribution in [0.4, 0.5) is 0 Å². The van der Waals surface area contributed by atoms with Crippen LogP contribution in [0, 0.1) is 17.8 Å². The van der Waals surface area contributed by atoms with Gasteiger partial charge in [0.15, 0.2) is 0 Å². The molecule has 1 heterocycles. The molecule has 0 aromatic heterocycles. The van der Waals surface area contributed by atoms with E-state index in [1.807, 2.05) is 0 Å². The van der Waals surface area contributed by atoms with E-state index >= 15 is 0 Å². The molecule has 5 nitrogen and oxygen atoms in total. The van der Waals surface area contributed by atoms with Crippen LogP contribution in [0.5, 0.6) is 0 Å². The standard InChI is InChI=1S/C20H20Cl2N2O3/c1-2-19(5-6-19)18(26)23-15-9-20(10-16(15)27-11-20)24-17(25)7-12-3-4-13(21)8-14(12)22/h1,3-4,8,15-16H,5-7,9-11H2,(H,23,26)(H,24,25)/t15-,16-,20+/m1/s1. The fraction of sp³-hybridized carbons (Fsp3) is 0.500. The van der Waals surface area contributed by atoms with E-state index in [1.165, 1.54) is 0 Å². The van der Waals surface area contributed by atoms with Gasteiger partial charge in [-0.3, -0.25) is 9.59 Å². The smallest absolute Gasteiger partial charge is 0.238 e. The Labute approximate surface area is 168 Å². The summed E-state index contributed by atoms with van der Waals surface area (Å²) in [5.74, 6) is 2.38.